The minimum atomic E-state index is 0.309. The molecule has 0 bridgehead atoms. The molecule has 92 valence electrons. The second-order valence-electron chi connectivity index (χ2n) is 5.27. The molecule has 1 saturated carbocycles. The van der Waals surface area contributed by atoms with Gasteiger partial charge in [-0.05, 0) is 52.1 Å². The zero-order valence-corrected chi connectivity index (χ0v) is 10.5. The second-order valence-corrected chi connectivity index (χ2v) is 5.27. The maximum atomic E-state index is 6.25. The van der Waals surface area contributed by atoms with Crippen LogP contribution in [0.5, 0.6) is 0 Å². The Balaban J connectivity index is 1.66. The minimum Gasteiger partial charge on any atom is -0.371 e. The van der Waals surface area contributed by atoms with Crippen LogP contribution in [0.25, 0.3) is 0 Å². The van der Waals surface area contributed by atoms with Gasteiger partial charge in [0, 0.05) is 0 Å². The van der Waals surface area contributed by atoms with Crippen LogP contribution in [0.1, 0.15) is 51.4 Å². The Bertz CT molecular complexity index is 231. The first kappa shape index (κ1) is 12.1. The van der Waals surface area contributed by atoms with Gasteiger partial charge in [-0.15, -0.1) is 0 Å². The van der Waals surface area contributed by atoms with E-state index in [2.05, 4.69) is 17.5 Å². The van der Waals surface area contributed by atoms with E-state index in [1.165, 1.54) is 38.5 Å². The van der Waals surface area contributed by atoms with Crippen LogP contribution < -0.4 is 5.32 Å². The summed E-state index contributed by atoms with van der Waals surface area (Å²) in [7, 11) is 2.00. The molecule has 1 aliphatic carbocycles. The monoisotopic (exact) mass is 223 g/mol. The van der Waals surface area contributed by atoms with Crippen LogP contribution in [0.15, 0.2) is 12.2 Å². The van der Waals surface area contributed by atoms with Gasteiger partial charge in [0.25, 0.3) is 0 Å². The van der Waals surface area contributed by atoms with E-state index in [0.29, 0.717) is 11.7 Å². The van der Waals surface area contributed by atoms with E-state index >= 15 is 0 Å². The van der Waals surface area contributed by atoms with Crippen molar-refractivity contribution >= 4 is 0 Å². The van der Waals surface area contributed by atoms with Crippen molar-refractivity contribution in [3.8, 4) is 0 Å². The van der Waals surface area contributed by atoms with Crippen LogP contribution in [0.3, 0.4) is 0 Å². The van der Waals surface area contributed by atoms with Crippen molar-refractivity contribution in [3.05, 3.63) is 12.2 Å². The molecule has 1 unspecified atom stereocenters. The first-order valence-corrected chi connectivity index (χ1v) is 6.82. The molecule has 0 aromatic heterocycles. The lowest BCUT2D eigenvalue weighted by Crippen LogP contribution is -2.24. The third-order valence-electron chi connectivity index (χ3n) is 3.98. The summed E-state index contributed by atoms with van der Waals surface area (Å²) >= 11 is 0. The first-order chi connectivity index (χ1) is 7.85. The molecule has 1 heterocycles. The Morgan fingerprint density at radius 3 is 2.81 bits per heavy atom. The lowest BCUT2D eigenvalue weighted by Gasteiger charge is -2.23. The van der Waals surface area contributed by atoms with Crippen LogP contribution in [0.2, 0.25) is 0 Å². The molecule has 1 aliphatic heterocycles. The van der Waals surface area contributed by atoms with Gasteiger partial charge in [0.2, 0.25) is 0 Å². The van der Waals surface area contributed by atoms with Crippen LogP contribution in [-0.2, 0) is 4.74 Å². The summed E-state index contributed by atoms with van der Waals surface area (Å²) in [6, 6.07) is 0. The molecule has 1 spiro atoms. The molecule has 1 atom stereocenters. The molecule has 0 aromatic rings. The molecule has 2 heteroatoms. The van der Waals surface area contributed by atoms with E-state index in [0.717, 1.165) is 19.4 Å². The number of hydrogen-bond acceptors (Lipinski definition) is 2. The highest BCUT2D eigenvalue weighted by Crippen LogP contribution is 2.43. The van der Waals surface area contributed by atoms with E-state index in [4.69, 9.17) is 4.74 Å². The smallest absolute Gasteiger partial charge is 0.0687 e. The summed E-state index contributed by atoms with van der Waals surface area (Å²) in [6.07, 6.45) is 15.3. The fourth-order valence-electron chi connectivity index (χ4n) is 3.04. The fourth-order valence-corrected chi connectivity index (χ4v) is 3.04. The predicted molar refractivity (Wildman–Crippen MR) is 67.6 cm³/mol. The van der Waals surface area contributed by atoms with Crippen molar-refractivity contribution in [2.75, 3.05) is 13.6 Å². The third-order valence-corrected chi connectivity index (χ3v) is 3.98. The molecule has 2 aliphatic rings. The van der Waals surface area contributed by atoms with Gasteiger partial charge in [-0.25, -0.2) is 0 Å². The Morgan fingerprint density at radius 2 is 2.06 bits per heavy atom. The summed E-state index contributed by atoms with van der Waals surface area (Å²) in [5.41, 5.74) is 0.309. The SMILES string of the molecule is CNCC/C=C/CC1CCC2(CCCC2)O1. The van der Waals surface area contributed by atoms with Crippen LogP contribution in [0, 0.1) is 0 Å². The van der Waals surface area contributed by atoms with Gasteiger partial charge in [0.05, 0.1) is 11.7 Å². The van der Waals surface area contributed by atoms with Crippen LogP contribution in [0.4, 0.5) is 0 Å². The highest BCUT2D eigenvalue weighted by molar-refractivity contribution is 4.95. The zero-order chi connectivity index (χ0) is 11.3. The number of ether oxygens (including phenoxy) is 1. The highest BCUT2D eigenvalue weighted by atomic mass is 16.5. The average molecular weight is 223 g/mol. The normalized spacial score (nSPS) is 28.4. The fraction of sp³-hybridized carbons (Fsp3) is 0.857. The molecule has 2 rings (SSSR count). The number of rotatable bonds is 5. The maximum absolute atomic E-state index is 6.25. The Morgan fingerprint density at radius 1 is 1.25 bits per heavy atom. The van der Waals surface area contributed by atoms with Gasteiger partial charge in [-0.3, -0.25) is 0 Å². The van der Waals surface area contributed by atoms with Gasteiger partial charge in [-0.1, -0.05) is 25.0 Å². The predicted octanol–water partition coefficient (Wildman–Crippen LogP) is 3.03. The van der Waals surface area contributed by atoms with E-state index in [1.54, 1.807) is 0 Å². The Labute approximate surface area is 99.4 Å². The molecule has 0 amide bonds. The molecule has 1 N–H and O–H groups in total. The molecule has 16 heavy (non-hydrogen) atoms. The highest BCUT2D eigenvalue weighted by Gasteiger charge is 2.41. The van der Waals surface area contributed by atoms with E-state index < -0.39 is 0 Å². The van der Waals surface area contributed by atoms with Gasteiger partial charge in [-0.2, -0.15) is 0 Å². The van der Waals surface area contributed by atoms with E-state index in [-0.39, 0.29) is 0 Å². The van der Waals surface area contributed by atoms with Crippen molar-refractivity contribution in [1.82, 2.24) is 5.32 Å². The van der Waals surface area contributed by atoms with Gasteiger partial charge < -0.3 is 10.1 Å². The zero-order valence-electron chi connectivity index (χ0n) is 10.5. The van der Waals surface area contributed by atoms with Gasteiger partial charge in [0.1, 0.15) is 0 Å². The second kappa shape index (κ2) is 5.83. The van der Waals surface area contributed by atoms with Crippen molar-refractivity contribution in [3.63, 3.8) is 0 Å². The Hall–Kier alpha value is -0.340. The van der Waals surface area contributed by atoms with E-state index in [1.807, 2.05) is 7.05 Å². The van der Waals surface area contributed by atoms with Crippen molar-refractivity contribution < 1.29 is 4.74 Å². The van der Waals surface area contributed by atoms with Crippen LogP contribution >= 0.6 is 0 Å². The minimum absolute atomic E-state index is 0.309. The molecule has 2 fully saturated rings. The van der Waals surface area contributed by atoms with E-state index in [9.17, 15) is 0 Å². The summed E-state index contributed by atoms with van der Waals surface area (Å²) in [4.78, 5) is 0. The summed E-state index contributed by atoms with van der Waals surface area (Å²) in [5, 5.41) is 3.15. The number of hydrogen-bond donors (Lipinski definition) is 1. The van der Waals surface area contributed by atoms with Gasteiger partial charge in [0.15, 0.2) is 0 Å². The molecule has 1 saturated heterocycles. The van der Waals surface area contributed by atoms with Crippen molar-refractivity contribution in [1.29, 1.82) is 0 Å². The standard InChI is InChI=1S/C14H25NO/c1-15-12-6-2-3-7-13-8-11-14(16-13)9-4-5-10-14/h2-3,13,15H,4-12H2,1H3/b3-2+. The molecule has 0 aromatic carbocycles. The first-order valence-electron chi connectivity index (χ1n) is 6.82. The van der Waals surface area contributed by atoms with Crippen molar-refractivity contribution in [2.24, 2.45) is 0 Å². The summed E-state index contributed by atoms with van der Waals surface area (Å²) in [6.45, 7) is 1.08. The average Bonchev–Trinajstić information content (AvgIpc) is 2.90. The molecule has 2 nitrogen and oxygen atoms in total. The topological polar surface area (TPSA) is 21.3 Å². The van der Waals surface area contributed by atoms with Crippen molar-refractivity contribution in [2.45, 2.75) is 63.1 Å². The number of nitrogens with one attached hydrogen (secondary N) is 1. The Kier molecular flexibility index (Phi) is 4.42. The lowest BCUT2D eigenvalue weighted by atomic mass is 9.98. The molecule has 0 radical (unpaired) electrons. The molecular weight excluding hydrogens is 198 g/mol. The largest absolute Gasteiger partial charge is 0.371 e. The quantitative estimate of drug-likeness (QED) is 0.571. The van der Waals surface area contributed by atoms with Gasteiger partial charge >= 0.3 is 0 Å². The maximum Gasteiger partial charge on any atom is 0.0687 e. The molecular formula is C14H25NO. The lowest BCUT2D eigenvalue weighted by molar-refractivity contribution is -0.0345. The van der Waals surface area contributed by atoms with Crippen LogP contribution in [-0.4, -0.2) is 25.3 Å². The summed E-state index contributed by atoms with van der Waals surface area (Å²) in [5.74, 6) is 0. The third kappa shape index (κ3) is 3.08. The summed E-state index contributed by atoms with van der Waals surface area (Å²) < 4.78 is 6.25.